The third kappa shape index (κ3) is 3.27. The fraction of sp³-hybridized carbons (Fsp3) is 0.467. The minimum Gasteiger partial charge on any atom is -0.395 e. The first-order chi connectivity index (χ1) is 10.0. The lowest BCUT2D eigenvalue weighted by atomic mass is 10.1. The molecule has 1 heterocycles. The average Bonchev–Trinajstić information content (AvgIpc) is 2.94. The first-order valence-electron chi connectivity index (χ1n) is 6.83. The first-order valence-corrected chi connectivity index (χ1v) is 8.28. The summed E-state index contributed by atoms with van der Waals surface area (Å²) in [4.78, 5) is 0.134. The monoisotopic (exact) mass is 309 g/mol. The number of rotatable bonds is 3. The van der Waals surface area contributed by atoms with Crippen molar-refractivity contribution >= 4 is 10.0 Å². The van der Waals surface area contributed by atoms with E-state index in [0.717, 1.165) is 12.0 Å². The first kappa shape index (κ1) is 16.0. The van der Waals surface area contributed by atoms with Crippen LogP contribution in [0.4, 0.5) is 0 Å². The van der Waals surface area contributed by atoms with Gasteiger partial charge in [-0.05, 0) is 37.5 Å². The molecule has 1 aliphatic rings. The summed E-state index contributed by atoms with van der Waals surface area (Å²) in [5.41, 5.74) is 1.28. The zero-order valence-electron chi connectivity index (χ0n) is 11.9. The van der Waals surface area contributed by atoms with Crippen LogP contribution in [0.25, 0.3) is 0 Å². The van der Waals surface area contributed by atoms with Crippen LogP contribution in [0, 0.1) is 18.8 Å². The molecular formula is C15H19NO4S. The minimum absolute atomic E-state index is 0.134. The number of hydrogen-bond acceptors (Lipinski definition) is 4. The van der Waals surface area contributed by atoms with Gasteiger partial charge in [-0.25, -0.2) is 8.42 Å². The van der Waals surface area contributed by atoms with E-state index < -0.39 is 10.0 Å². The largest absolute Gasteiger partial charge is 0.395 e. The maximum atomic E-state index is 12.8. The zero-order valence-corrected chi connectivity index (χ0v) is 12.7. The topological polar surface area (TPSA) is 77.8 Å². The second-order valence-electron chi connectivity index (χ2n) is 5.05. The predicted molar refractivity (Wildman–Crippen MR) is 79.1 cm³/mol. The maximum absolute atomic E-state index is 12.8. The second-order valence-corrected chi connectivity index (χ2v) is 6.91. The van der Waals surface area contributed by atoms with Crippen LogP contribution in [0.1, 0.15) is 24.0 Å². The van der Waals surface area contributed by atoms with Crippen LogP contribution < -0.4 is 0 Å². The summed E-state index contributed by atoms with van der Waals surface area (Å²) in [6, 6.07) is 4.59. The van der Waals surface area contributed by atoms with Crippen LogP contribution in [-0.2, 0) is 10.0 Å². The van der Waals surface area contributed by atoms with Gasteiger partial charge in [0.1, 0.15) is 6.61 Å². The van der Waals surface area contributed by atoms with Gasteiger partial charge in [-0.3, -0.25) is 0 Å². The van der Waals surface area contributed by atoms with E-state index in [1.54, 1.807) is 18.2 Å². The summed E-state index contributed by atoms with van der Waals surface area (Å²) in [5, 5.41) is 18.2. The van der Waals surface area contributed by atoms with E-state index in [1.807, 2.05) is 6.92 Å². The third-order valence-corrected chi connectivity index (χ3v) is 5.57. The molecule has 1 aromatic rings. The molecule has 1 saturated heterocycles. The van der Waals surface area contributed by atoms with Crippen LogP contribution >= 0.6 is 0 Å². The number of hydrogen-bond donors (Lipinski definition) is 2. The molecule has 1 fully saturated rings. The number of nitrogens with zero attached hydrogens (tertiary/aromatic N) is 1. The Kier molecular flexibility index (Phi) is 5.01. The third-order valence-electron chi connectivity index (χ3n) is 3.56. The Morgan fingerprint density at radius 1 is 1.38 bits per heavy atom. The molecule has 0 amide bonds. The number of aliphatic hydroxyl groups excluding tert-OH is 2. The van der Waals surface area contributed by atoms with Gasteiger partial charge in [-0.1, -0.05) is 17.9 Å². The number of benzene rings is 1. The molecule has 1 aliphatic heterocycles. The van der Waals surface area contributed by atoms with Crippen molar-refractivity contribution in [3.8, 4) is 11.8 Å². The molecular weight excluding hydrogens is 290 g/mol. The van der Waals surface area contributed by atoms with Crippen LogP contribution in [-0.4, -0.2) is 48.7 Å². The highest BCUT2D eigenvalue weighted by Gasteiger charge is 2.35. The van der Waals surface area contributed by atoms with Gasteiger partial charge in [-0.2, -0.15) is 4.31 Å². The van der Waals surface area contributed by atoms with Crippen molar-refractivity contribution in [1.82, 2.24) is 4.31 Å². The summed E-state index contributed by atoms with van der Waals surface area (Å²) in [7, 11) is -3.69. The van der Waals surface area contributed by atoms with Crippen molar-refractivity contribution in [2.75, 3.05) is 19.8 Å². The summed E-state index contributed by atoms with van der Waals surface area (Å²) >= 11 is 0. The maximum Gasteiger partial charge on any atom is 0.244 e. The average molecular weight is 309 g/mol. The highest BCUT2D eigenvalue weighted by atomic mass is 32.2. The summed E-state index contributed by atoms with van der Waals surface area (Å²) < 4.78 is 26.9. The molecule has 0 bridgehead atoms. The molecule has 1 aromatic carbocycles. The van der Waals surface area contributed by atoms with Crippen molar-refractivity contribution < 1.29 is 18.6 Å². The summed E-state index contributed by atoms with van der Waals surface area (Å²) in [6.07, 6.45) is 1.41. The molecule has 114 valence electrons. The van der Waals surface area contributed by atoms with E-state index in [9.17, 15) is 13.5 Å². The molecule has 0 aliphatic carbocycles. The van der Waals surface area contributed by atoms with Gasteiger partial charge >= 0.3 is 0 Å². The molecule has 0 radical (unpaired) electrons. The zero-order chi connectivity index (χ0) is 15.5. The highest BCUT2D eigenvalue weighted by Crippen LogP contribution is 2.28. The van der Waals surface area contributed by atoms with E-state index in [4.69, 9.17) is 5.11 Å². The molecule has 5 nitrogen and oxygen atoms in total. The standard InChI is InChI=1S/C15H19NO4S/c1-12-6-7-15(13(10-12)4-3-9-17)21(19,20)16-8-2-5-14(16)11-18/h6-7,10,14,17-18H,2,5,8-9,11H2,1H3. The SMILES string of the molecule is Cc1ccc(S(=O)(=O)N2CCCC2CO)c(C#CCO)c1. The van der Waals surface area contributed by atoms with Gasteiger partial charge < -0.3 is 10.2 Å². The fourth-order valence-corrected chi connectivity index (χ4v) is 4.35. The molecule has 1 unspecified atom stereocenters. The van der Waals surface area contributed by atoms with Gasteiger partial charge in [0, 0.05) is 18.2 Å². The Hall–Kier alpha value is -1.39. The predicted octanol–water partition coefficient (Wildman–Crippen LogP) is 0.484. The fourth-order valence-electron chi connectivity index (χ4n) is 2.54. The van der Waals surface area contributed by atoms with E-state index in [1.165, 1.54) is 4.31 Å². The van der Waals surface area contributed by atoms with Gasteiger partial charge in [0.2, 0.25) is 10.0 Å². The molecule has 0 saturated carbocycles. The molecule has 0 aromatic heterocycles. The van der Waals surface area contributed by atoms with Crippen LogP contribution in [0.5, 0.6) is 0 Å². The summed E-state index contributed by atoms with van der Waals surface area (Å²) in [6.45, 7) is 1.76. The van der Waals surface area contributed by atoms with Crippen molar-refractivity contribution in [2.24, 2.45) is 0 Å². The Labute approximate surface area is 125 Å². The van der Waals surface area contributed by atoms with Crippen molar-refractivity contribution in [3.63, 3.8) is 0 Å². The second kappa shape index (κ2) is 6.58. The van der Waals surface area contributed by atoms with Crippen molar-refractivity contribution in [3.05, 3.63) is 29.3 Å². The molecule has 2 N–H and O–H groups in total. The molecule has 0 spiro atoms. The Morgan fingerprint density at radius 2 is 2.14 bits per heavy atom. The Balaban J connectivity index is 2.49. The van der Waals surface area contributed by atoms with Gasteiger partial charge in [0.05, 0.1) is 11.5 Å². The van der Waals surface area contributed by atoms with Crippen LogP contribution in [0.3, 0.4) is 0 Å². The summed E-state index contributed by atoms with van der Waals surface area (Å²) in [5.74, 6) is 5.19. The van der Waals surface area contributed by atoms with Gasteiger partial charge in [-0.15, -0.1) is 0 Å². The molecule has 2 rings (SSSR count). The Bertz CT molecular complexity index is 673. The lowest BCUT2D eigenvalue weighted by molar-refractivity contribution is 0.213. The lowest BCUT2D eigenvalue weighted by Gasteiger charge is -2.23. The molecule has 1 atom stereocenters. The molecule has 21 heavy (non-hydrogen) atoms. The van der Waals surface area contributed by atoms with Crippen LogP contribution in [0.2, 0.25) is 0 Å². The van der Waals surface area contributed by atoms with Crippen molar-refractivity contribution in [2.45, 2.75) is 30.7 Å². The van der Waals surface area contributed by atoms with Crippen LogP contribution in [0.15, 0.2) is 23.1 Å². The highest BCUT2D eigenvalue weighted by molar-refractivity contribution is 7.89. The molecule has 6 heteroatoms. The number of aliphatic hydroxyl groups is 2. The minimum atomic E-state index is -3.69. The van der Waals surface area contributed by atoms with Crippen molar-refractivity contribution in [1.29, 1.82) is 0 Å². The van der Waals surface area contributed by atoms with E-state index in [-0.39, 0.29) is 24.2 Å². The van der Waals surface area contributed by atoms with Gasteiger partial charge in [0.15, 0.2) is 0 Å². The van der Waals surface area contributed by atoms with E-state index in [2.05, 4.69) is 11.8 Å². The van der Waals surface area contributed by atoms with E-state index in [0.29, 0.717) is 18.5 Å². The number of aryl methyl sites for hydroxylation is 1. The normalized spacial score (nSPS) is 19.3. The number of sulfonamides is 1. The van der Waals surface area contributed by atoms with Gasteiger partial charge in [0.25, 0.3) is 0 Å². The lowest BCUT2D eigenvalue weighted by Crippen LogP contribution is -2.37. The smallest absolute Gasteiger partial charge is 0.244 e. The van der Waals surface area contributed by atoms with E-state index >= 15 is 0 Å². The Morgan fingerprint density at radius 3 is 2.81 bits per heavy atom. The quantitative estimate of drug-likeness (QED) is 0.796.